The molecule has 1 aliphatic carbocycles. The molecule has 6 heteroatoms. The van der Waals surface area contributed by atoms with Crippen LogP contribution in [0.15, 0.2) is 53.8 Å². The highest BCUT2D eigenvalue weighted by atomic mass is 19.2. The van der Waals surface area contributed by atoms with E-state index in [1.165, 1.54) is 19.5 Å². The fraction of sp³-hybridized carbons (Fsp3) is 0.308. The summed E-state index contributed by atoms with van der Waals surface area (Å²) in [6.45, 7) is 10.9. The second kappa shape index (κ2) is 9.90. The Bertz CT molecular complexity index is 1110. The topological polar surface area (TPSA) is 53.5 Å². The van der Waals surface area contributed by atoms with Crippen LogP contribution in [0.2, 0.25) is 0 Å². The highest BCUT2D eigenvalue weighted by molar-refractivity contribution is 6.01. The average Bonchev–Trinajstić information content (AvgIpc) is 2.72. The molecule has 0 saturated heterocycles. The lowest BCUT2D eigenvalue weighted by Crippen LogP contribution is -2.39. The summed E-state index contributed by atoms with van der Waals surface area (Å²) in [5, 5.41) is 6.23. The van der Waals surface area contributed by atoms with Crippen LogP contribution in [0.4, 0.5) is 14.5 Å². The number of rotatable bonds is 7. The van der Waals surface area contributed by atoms with Gasteiger partial charge in [-0.05, 0) is 81.9 Å². The number of nitrogens with one attached hydrogen (secondary N) is 2. The van der Waals surface area contributed by atoms with E-state index in [1.807, 2.05) is 19.1 Å². The highest BCUT2D eigenvalue weighted by Crippen LogP contribution is 2.23. The summed E-state index contributed by atoms with van der Waals surface area (Å²) in [4.78, 5) is 16.8. The first kappa shape index (κ1) is 23.4. The van der Waals surface area contributed by atoms with Gasteiger partial charge in [-0.15, -0.1) is 0 Å². The van der Waals surface area contributed by atoms with Gasteiger partial charge in [-0.1, -0.05) is 18.7 Å². The Balaban J connectivity index is 1.67. The van der Waals surface area contributed by atoms with Gasteiger partial charge in [0, 0.05) is 29.1 Å². The van der Waals surface area contributed by atoms with Crippen LogP contribution in [-0.4, -0.2) is 17.7 Å². The summed E-state index contributed by atoms with van der Waals surface area (Å²) in [6.07, 6.45) is 4.75. The molecule has 0 unspecified atom stereocenters. The van der Waals surface area contributed by atoms with E-state index in [9.17, 15) is 13.6 Å². The SMILES string of the molecule is C=C(Nc1ccc(C(=O)NC2CCC2)c(C)c1)/C(C)=N/C=C(\C)c1ccc(C)c(F)c1F. The number of nitrogens with zero attached hydrogens (tertiary/aromatic N) is 1. The van der Waals surface area contributed by atoms with Crippen molar-refractivity contribution < 1.29 is 13.6 Å². The molecule has 168 valence electrons. The molecule has 2 aromatic rings. The lowest BCUT2D eigenvalue weighted by atomic mass is 9.92. The average molecular weight is 438 g/mol. The van der Waals surface area contributed by atoms with Crippen LogP contribution in [-0.2, 0) is 0 Å². The van der Waals surface area contributed by atoms with Crippen molar-refractivity contribution in [2.45, 2.75) is 53.0 Å². The Kier molecular flexibility index (Phi) is 7.23. The minimum atomic E-state index is -0.875. The van der Waals surface area contributed by atoms with E-state index in [0.29, 0.717) is 28.6 Å². The van der Waals surface area contributed by atoms with Crippen molar-refractivity contribution in [2.24, 2.45) is 4.99 Å². The van der Waals surface area contributed by atoms with Crippen molar-refractivity contribution in [1.29, 1.82) is 0 Å². The third kappa shape index (κ3) is 5.31. The molecule has 32 heavy (non-hydrogen) atoms. The van der Waals surface area contributed by atoms with Crippen LogP contribution in [0, 0.1) is 25.5 Å². The molecular formula is C26H29F2N3O. The van der Waals surface area contributed by atoms with E-state index in [4.69, 9.17) is 0 Å². The number of hydrogen-bond acceptors (Lipinski definition) is 3. The smallest absolute Gasteiger partial charge is 0.251 e. The second-order valence-electron chi connectivity index (χ2n) is 8.32. The number of hydrogen-bond donors (Lipinski definition) is 2. The molecule has 0 bridgehead atoms. The molecule has 0 aromatic heterocycles. The van der Waals surface area contributed by atoms with Crippen molar-refractivity contribution in [1.82, 2.24) is 5.32 Å². The van der Waals surface area contributed by atoms with Gasteiger partial charge in [0.2, 0.25) is 0 Å². The van der Waals surface area contributed by atoms with Crippen molar-refractivity contribution in [3.63, 3.8) is 0 Å². The van der Waals surface area contributed by atoms with Crippen LogP contribution < -0.4 is 10.6 Å². The predicted octanol–water partition coefficient (Wildman–Crippen LogP) is 6.31. The van der Waals surface area contributed by atoms with Gasteiger partial charge in [0.1, 0.15) is 0 Å². The normalized spacial score (nSPS) is 14.7. The molecule has 1 aliphatic rings. The van der Waals surface area contributed by atoms with E-state index < -0.39 is 11.6 Å². The maximum Gasteiger partial charge on any atom is 0.251 e. The van der Waals surface area contributed by atoms with E-state index in [-0.39, 0.29) is 17.0 Å². The maximum absolute atomic E-state index is 14.2. The number of halogens is 2. The summed E-state index contributed by atoms with van der Waals surface area (Å²) < 4.78 is 28.0. The van der Waals surface area contributed by atoms with Crippen LogP contribution in [0.3, 0.4) is 0 Å². The molecular weight excluding hydrogens is 408 g/mol. The van der Waals surface area contributed by atoms with Gasteiger partial charge in [-0.2, -0.15) is 0 Å². The number of anilines is 1. The van der Waals surface area contributed by atoms with Crippen molar-refractivity contribution in [3.05, 3.63) is 82.7 Å². The molecule has 0 atom stereocenters. The zero-order chi connectivity index (χ0) is 23.4. The van der Waals surface area contributed by atoms with Gasteiger partial charge in [-0.3, -0.25) is 9.79 Å². The minimum Gasteiger partial charge on any atom is -0.355 e. The Morgan fingerprint density at radius 3 is 2.38 bits per heavy atom. The Morgan fingerprint density at radius 2 is 1.75 bits per heavy atom. The minimum absolute atomic E-state index is 0.0456. The van der Waals surface area contributed by atoms with Crippen molar-refractivity contribution >= 4 is 22.9 Å². The van der Waals surface area contributed by atoms with Crippen molar-refractivity contribution in [2.75, 3.05) is 5.32 Å². The molecule has 0 heterocycles. The van der Waals surface area contributed by atoms with Gasteiger partial charge in [0.25, 0.3) is 5.91 Å². The van der Waals surface area contributed by atoms with E-state index in [2.05, 4.69) is 22.2 Å². The zero-order valence-electron chi connectivity index (χ0n) is 19.0. The van der Waals surface area contributed by atoms with E-state index in [0.717, 1.165) is 24.1 Å². The molecule has 1 fully saturated rings. The Morgan fingerprint density at radius 1 is 1.06 bits per heavy atom. The summed E-state index contributed by atoms with van der Waals surface area (Å²) in [5.41, 5.74) is 4.41. The number of allylic oxidation sites excluding steroid dienone is 2. The van der Waals surface area contributed by atoms with Gasteiger partial charge in [0.05, 0.1) is 11.4 Å². The molecule has 2 aromatic carbocycles. The molecule has 0 spiro atoms. The summed E-state index contributed by atoms with van der Waals surface area (Å²) >= 11 is 0. The third-order valence-electron chi connectivity index (χ3n) is 5.80. The summed E-state index contributed by atoms with van der Waals surface area (Å²) in [6, 6.07) is 8.89. The van der Waals surface area contributed by atoms with Crippen LogP contribution in [0.5, 0.6) is 0 Å². The molecule has 1 saturated carbocycles. The number of carbonyl (C=O) groups is 1. The number of benzene rings is 2. The first-order valence-corrected chi connectivity index (χ1v) is 10.7. The van der Waals surface area contributed by atoms with E-state index >= 15 is 0 Å². The Hall–Kier alpha value is -3.28. The van der Waals surface area contributed by atoms with Gasteiger partial charge in [-0.25, -0.2) is 8.78 Å². The van der Waals surface area contributed by atoms with Gasteiger partial charge < -0.3 is 10.6 Å². The number of aliphatic imine (C=N–C) groups is 1. The fourth-order valence-corrected chi connectivity index (χ4v) is 3.37. The molecule has 2 N–H and O–H groups in total. The van der Waals surface area contributed by atoms with Crippen molar-refractivity contribution in [3.8, 4) is 0 Å². The summed E-state index contributed by atoms with van der Waals surface area (Å²) in [5.74, 6) is -1.77. The second-order valence-corrected chi connectivity index (χ2v) is 8.32. The maximum atomic E-state index is 14.2. The van der Waals surface area contributed by atoms with Gasteiger partial charge in [0.15, 0.2) is 11.6 Å². The Labute approximate surface area is 188 Å². The molecule has 4 nitrogen and oxygen atoms in total. The largest absolute Gasteiger partial charge is 0.355 e. The number of amides is 1. The van der Waals surface area contributed by atoms with E-state index in [1.54, 1.807) is 32.0 Å². The standard InChI is InChI=1S/C26H29F2N3O/c1-15-9-11-22(25(28)24(15)27)17(3)14-29-18(4)19(5)30-21-10-12-23(16(2)13-21)26(32)31-20-7-6-8-20/h9-14,20,30H,5-8H2,1-4H3,(H,31,32)/b17-14+,29-18+. The zero-order valence-corrected chi connectivity index (χ0v) is 19.0. The lowest BCUT2D eigenvalue weighted by Gasteiger charge is -2.26. The highest BCUT2D eigenvalue weighted by Gasteiger charge is 2.21. The predicted molar refractivity (Wildman–Crippen MR) is 127 cm³/mol. The number of aryl methyl sites for hydroxylation is 2. The fourth-order valence-electron chi connectivity index (χ4n) is 3.37. The lowest BCUT2D eigenvalue weighted by molar-refractivity contribution is 0.0916. The first-order chi connectivity index (χ1) is 15.2. The first-order valence-electron chi connectivity index (χ1n) is 10.7. The molecule has 0 radical (unpaired) electrons. The molecule has 1 amide bonds. The monoisotopic (exact) mass is 437 g/mol. The van der Waals surface area contributed by atoms with Gasteiger partial charge >= 0.3 is 0 Å². The third-order valence-corrected chi connectivity index (χ3v) is 5.80. The quantitative estimate of drug-likeness (QED) is 0.499. The van der Waals surface area contributed by atoms with Crippen LogP contribution in [0.25, 0.3) is 5.57 Å². The summed E-state index contributed by atoms with van der Waals surface area (Å²) in [7, 11) is 0. The molecule has 0 aliphatic heterocycles. The molecule has 3 rings (SSSR count). The van der Waals surface area contributed by atoms with Crippen LogP contribution in [0.1, 0.15) is 60.2 Å². The van der Waals surface area contributed by atoms with Crippen LogP contribution >= 0.6 is 0 Å². The number of carbonyl (C=O) groups excluding carboxylic acids is 1.